The van der Waals surface area contributed by atoms with Crippen LogP contribution in [0.1, 0.15) is 45.1 Å². The van der Waals surface area contributed by atoms with Gasteiger partial charge >= 0.3 is 0 Å². The Balaban J connectivity index is 2.22. The number of unbranched alkanes of at least 4 members (excludes halogenated alkanes) is 3. The summed E-state index contributed by atoms with van der Waals surface area (Å²) >= 11 is 5.25. The predicted molar refractivity (Wildman–Crippen MR) is 84.2 cm³/mol. The molecule has 0 fully saturated rings. The highest BCUT2D eigenvalue weighted by Crippen LogP contribution is 2.09. The molecule has 2 N–H and O–H groups in total. The summed E-state index contributed by atoms with van der Waals surface area (Å²) in [6.07, 6.45) is 6.11. The van der Waals surface area contributed by atoms with Crippen LogP contribution in [-0.4, -0.2) is 11.7 Å². The second-order valence-electron chi connectivity index (χ2n) is 4.49. The molecule has 0 unspecified atom stereocenters. The molecule has 0 saturated heterocycles. The number of nitrogens with one attached hydrogen (secondary N) is 2. The van der Waals surface area contributed by atoms with Crippen molar-refractivity contribution in [1.29, 1.82) is 0 Å². The molecule has 0 saturated carbocycles. The average molecular weight is 264 g/mol. The van der Waals surface area contributed by atoms with E-state index in [2.05, 4.69) is 48.7 Å². The Morgan fingerprint density at radius 3 is 2.39 bits per heavy atom. The maximum Gasteiger partial charge on any atom is 0.170 e. The Morgan fingerprint density at radius 2 is 1.78 bits per heavy atom. The van der Waals surface area contributed by atoms with Crippen molar-refractivity contribution in [2.24, 2.45) is 0 Å². The SMILES string of the molecule is CCCCCCNC(=S)Nc1ccc(CC)cc1. The van der Waals surface area contributed by atoms with Gasteiger partial charge in [0.2, 0.25) is 0 Å². The molecule has 100 valence electrons. The lowest BCUT2D eigenvalue weighted by Crippen LogP contribution is -2.29. The number of aryl methyl sites for hydroxylation is 1. The number of hydrogen-bond acceptors (Lipinski definition) is 1. The summed E-state index contributed by atoms with van der Waals surface area (Å²) in [7, 11) is 0. The van der Waals surface area contributed by atoms with Gasteiger partial charge in [-0.2, -0.15) is 0 Å². The fraction of sp³-hybridized carbons (Fsp3) is 0.533. The van der Waals surface area contributed by atoms with Crippen molar-refractivity contribution in [1.82, 2.24) is 5.32 Å². The summed E-state index contributed by atoms with van der Waals surface area (Å²) in [5, 5.41) is 7.16. The van der Waals surface area contributed by atoms with Gasteiger partial charge in [0.05, 0.1) is 0 Å². The third kappa shape index (κ3) is 6.01. The normalized spacial score (nSPS) is 10.1. The lowest BCUT2D eigenvalue weighted by atomic mass is 10.1. The zero-order chi connectivity index (χ0) is 13.2. The summed E-state index contributed by atoms with van der Waals surface area (Å²) in [5.74, 6) is 0. The van der Waals surface area contributed by atoms with Gasteiger partial charge in [-0.05, 0) is 42.8 Å². The molecule has 1 rings (SSSR count). The first-order valence-corrected chi connectivity index (χ1v) is 7.31. The summed E-state index contributed by atoms with van der Waals surface area (Å²) in [4.78, 5) is 0. The molecule has 2 nitrogen and oxygen atoms in total. The Morgan fingerprint density at radius 1 is 1.06 bits per heavy atom. The maximum absolute atomic E-state index is 5.25. The first-order valence-electron chi connectivity index (χ1n) is 6.90. The Hall–Kier alpha value is -1.09. The minimum Gasteiger partial charge on any atom is -0.362 e. The molecule has 1 aromatic carbocycles. The molecule has 3 heteroatoms. The van der Waals surface area contributed by atoms with Crippen molar-refractivity contribution in [3.63, 3.8) is 0 Å². The standard InChI is InChI=1S/C15H24N2S/c1-3-5-6-7-12-16-15(18)17-14-10-8-13(4-2)9-11-14/h8-11H,3-7,12H2,1-2H3,(H2,16,17,18). The maximum atomic E-state index is 5.25. The van der Waals surface area contributed by atoms with Gasteiger partial charge in [-0.15, -0.1) is 0 Å². The lowest BCUT2D eigenvalue weighted by molar-refractivity contribution is 0.655. The molecule has 0 atom stereocenters. The molecule has 0 amide bonds. The minimum absolute atomic E-state index is 0.718. The number of benzene rings is 1. The van der Waals surface area contributed by atoms with Gasteiger partial charge in [0.1, 0.15) is 0 Å². The van der Waals surface area contributed by atoms with Crippen molar-refractivity contribution in [2.75, 3.05) is 11.9 Å². The first kappa shape index (κ1) is 15.0. The predicted octanol–water partition coefficient (Wildman–Crippen LogP) is 4.12. The number of rotatable bonds is 7. The third-order valence-corrected chi connectivity index (χ3v) is 3.18. The van der Waals surface area contributed by atoms with Crippen LogP contribution in [-0.2, 0) is 6.42 Å². The largest absolute Gasteiger partial charge is 0.362 e. The van der Waals surface area contributed by atoms with E-state index < -0.39 is 0 Å². The van der Waals surface area contributed by atoms with Gasteiger partial charge in [-0.3, -0.25) is 0 Å². The quantitative estimate of drug-likeness (QED) is 0.572. The molecule has 0 radical (unpaired) electrons. The molecule has 0 aliphatic heterocycles. The number of thiocarbonyl (C=S) groups is 1. The van der Waals surface area contributed by atoms with Crippen LogP contribution in [0.2, 0.25) is 0 Å². The molecule has 1 aromatic rings. The number of hydrogen-bond donors (Lipinski definition) is 2. The van der Waals surface area contributed by atoms with E-state index in [1.54, 1.807) is 0 Å². The van der Waals surface area contributed by atoms with E-state index in [1.807, 2.05) is 0 Å². The van der Waals surface area contributed by atoms with Gasteiger partial charge in [0.25, 0.3) is 0 Å². The highest BCUT2D eigenvalue weighted by atomic mass is 32.1. The summed E-state index contributed by atoms with van der Waals surface area (Å²) < 4.78 is 0. The van der Waals surface area contributed by atoms with Gasteiger partial charge in [-0.1, -0.05) is 45.2 Å². The van der Waals surface area contributed by atoms with E-state index >= 15 is 0 Å². The number of anilines is 1. The van der Waals surface area contributed by atoms with Crippen LogP contribution in [0, 0.1) is 0 Å². The van der Waals surface area contributed by atoms with E-state index in [9.17, 15) is 0 Å². The first-order chi connectivity index (χ1) is 8.76. The van der Waals surface area contributed by atoms with Crippen LogP contribution < -0.4 is 10.6 Å². The van der Waals surface area contributed by atoms with Crippen molar-refractivity contribution < 1.29 is 0 Å². The minimum atomic E-state index is 0.718. The molecule has 0 aromatic heterocycles. The van der Waals surface area contributed by atoms with Gasteiger partial charge in [-0.25, -0.2) is 0 Å². The molecule has 0 aliphatic carbocycles. The Labute approximate surface area is 116 Å². The van der Waals surface area contributed by atoms with E-state index in [1.165, 1.54) is 31.2 Å². The topological polar surface area (TPSA) is 24.1 Å². The fourth-order valence-electron chi connectivity index (χ4n) is 1.75. The summed E-state index contributed by atoms with van der Waals surface area (Å²) in [6, 6.07) is 8.41. The van der Waals surface area contributed by atoms with Crippen LogP contribution in [0.25, 0.3) is 0 Å². The zero-order valence-electron chi connectivity index (χ0n) is 11.5. The molecular formula is C15H24N2S. The zero-order valence-corrected chi connectivity index (χ0v) is 12.3. The van der Waals surface area contributed by atoms with Gasteiger partial charge < -0.3 is 10.6 Å². The molecular weight excluding hydrogens is 240 g/mol. The second-order valence-corrected chi connectivity index (χ2v) is 4.90. The van der Waals surface area contributed by atoms with Crippen LogP contribution in [0.3, 0.4) is 0 Å². The van der Waals surface area contributed by atoms with Crippen molar-refractivity contribution in [2.45, 2.75) is 46.0 Å². The highest BCUT2D eigenvalue weighted by molar-refractivity contribution is 7.80. The van der Waals surface area contributed by atoms with Gasteiger partial charge in [0, 0.05) is 12.2 Å². The summed E-state index contributed by atoms with van der Waals surface area (Å²) in [5.41, 5.74) is 2.40. The second kappa shape index (κ2) is 8.92. The monoisotopic (exact) mass is 264 g/mol. The molecule has 0 heterocycles. The van der Waals surface area contributed by atoms with E-state index in [0.29, 0.717) is 0 Å². The highest BCUT2D eigenvalue weighted by Gasteiger charge is 1.97. The third-order valence-electron chi connectivity index (χ3n) is 2.94. The molecule has 0 spiro atoms. The van der Waals surface area contributed by atoms with Crippen LogP contribution in [0.5, 0.6) is 0 Å². The fourth-order valence-corrected chi connectivity index (χ4v) is 1.97. The van der Waals surface area contributed by atoms with Gasteiger partial charge in [0.15, 0.2) is 5.11 Å². The van der Waals surface area contributed by atoms with E-state index in [-0.39, 0.29) is 0 Å². The molecule has 0 aliphatic rings. The lowest BCUT2D eigenvalue weighted by Gasteiger charge is -2.10. The molecule has 18 heavy (non-hydrogen) atoms. The average Bonchev–Trinajstić information content (AvgIpc) is 2.39. The van der Waals surface area contributed by atoms with E-state index in [4.69, 9.17) is 12.2 Å². The van der Waals surface area contributed by atoms with E-state index in [0.717, 1.165) is 23.8 Å². The Bertz CT molecular complexity index is 346. The van der Waals surface area contributed by atoms with Crippen molar-refractivity contribution >= 4 is 23.0 Å². The van der Waals surface area contributed by atoms with Crippen LogP contribution in [0.4, 0.5) is 5.69 Å². The Kier molecular flexibility index (Phi) is 7.42. The smallest absolute Gasteiger partial charge is 0.170 e. The van der Waals surface area contributed by atoms with Crippen molar-refractivity contribution in [3.8, 4) is 0 Å². The van der Waals surface area contributed by atoms with Crippen molar-refractivity contribution in [3.05, 3.63) is 29.8 Å². The molecule has 0 bridgehead atoms. The van der Waals surface area contributed by atoms with Crippen LogP contribution in [0.15, 0.2) is 24.3 Å². The summed E-state index contributed by atoms with van der Waals surface area (Å²) in [6.45, 7) is 5.34. The van der Waals surface area contributed by atoms with Crippen LogP contribution >= 0.6 is 12.2 Å².